The zero-order chi connectivity index (χ0) is 15.5. The van der Waals surface area contributed by atoms with E-state index in [-0.39, 0.29) is 0 Å². The molecule has 0 spiro atoms. The van der Waals surface area contributed by atoms with E-state index in [9.17, 15) is 10.0 Å². The largest absolute Gasteiger partial charge is 0.488 e. The molecule has 0 aromatic heterocycles. The van der Waals surface area contributed by atoms with Gasteiger partial charge in [0, 0.05) is 10.6 Å². The third-order valence-electron chi connectivity index (χ3n) is 3.61. The van der Waals surface area contributed by atoms with Crippen molar-refractivity contribution in [3.05, 3.63) is 77.8 Å². The Balaban J connectivity index is 2.11. The molecule has 3 rings (SSSR count). The summed E-state index contributed by atoms with van der Waals surface area (Å²) in [5.41, 5.74) is 4.55. The van der Waals surface area contributed by atoms with Gasteiger partial charge in [-0.3, -0.25) is 0 Å². The molecule has 0 unspecified atom stereocenters. The highest BCUT2D eigenvalue weighted by atomic mass is 35.5. The van der Waals surface area contributed by atoms with Crippen LogP contribution >= 0.6 is 11.6 Å². The van der Waals surface area contributed by atoms with Crippen LogP contribution in [0.1, 0.15) is 0 Å². The van der Waals surface area contributed by atoms with Crippen molar-refractivity contribution in [2.45, 2.75) is 0 Å². The summed E-state index contributed by atoms with van der Waals surface area (Å²) in [7, 11) is -1.45. The lowest BCUT2D eigenvalue weighted by Gasteiger charge is -2.12. The summed E-state index contributed by atoms with van der Waals surface area (Å²) in [6.07, 6.45) is 0. The lowest BCUT2D eigenvalue weighted by Crippen LogP contribution is -2.29. The SMILES string of the molecule is OB(O)c1ccc(-c2ccccc2-c2ccccc2Cl)cc1. The molecule has 2 N–H and O–H groups in total. The van der Waals surface area contributed by atoms with Crippen LogP contribution in [-0.4, -0.2) is 17.2 Å². The fraction of sp³-hybridized carbons (Fsp3) is 0. The van der Waals surface area contributed by atoms with Crippen LogP contribution in [0, 0.1) is 0 Å². The molecule has 2 nitrogen and oxygen atoms in total. The molecule has 0 heterocycles. The van der Waals surface area contributed by atoms with E-state index in [0.717, 1.165) is 22.3 Å². The predicted molar refractivity (Wildman–Crippen MR) is 92.1 cm³/mol. The van der Waals surface area contributed by atoms with Crippen molar-refractivity contribution in [1.29, 1.82) is 0 Å². The van der Waals surface area contributed by atoms with Gasteiger partial charge in [-0.1, -0.05) is 78.3 Å². The second kappa shape index (κ2) is 6.36. The van der Waals surface area contributed by atoms with Crippen molar-refractivity contribution in [1.82, 2.24) is 0 Å². The summed E-state index contributed by atoms with van der Waals surface area (Å²) in [5.74, 6) is 0. The first-order chi connectivity index (χ1) is 10.7. The van der Waals surface area contributed by atoms with Crippen molar-refractivity contribution in [2.75, 3.05) is 0 Å². The number of benzene rings is 3. The summed E-state index contributed by atoms with van der Waals surface area (Å²) < 4.78 is 0. The minimum Gasteiger partial charge on any atom is -0.423 e. The first-order valence-corrected chi connectivity index (χ1v) is 7.35. The van der Waals surface area contributed by atoms with E-state index in [1.54, 1.807) is 12.1 Å². The highest BCUT2D eigenvalue weighted by molar-refractivity contribution is 6.58. The van der Waals surface area contributed by atoms with Crippen molar-refractivity contribution >= 4 is 24.2 Å². The normalized spacial score (nSPS) is 10.5. The molecule has 0 saturated heterocycles. The van der Waals surface area contributed by atoms with Crippen molar-refractivity contribution < 1.29 is 10.0 Å². The molecule has 22 heavy (non-hydrogen) atoms. The fourth-order valence-corrected chi connectivity index (χ4v) is 2.72. The van der Waals surface area contributed by atoms with Crippen LogP contribution in [0.15, 0.2) is 72.8 Å². The standard InChI is InChI=1S/C18H14BClO2/c20-18-8-4-3-7-17(18)16-6-2-1-5-15(16)13-9-11-14(12-10-13)19(21)22/h1-12,21-22H. The summed E-state index contributed by atoms with van der Waals surface area (Å²) in [6, 6.07) is 22.9. The van der Waals surface area contributed by atoms with Gasteiger partial charge in [-0.05, 0) is 28.2 Å². The van der Waals surface area contributed by atoms with Crippen LogP contribution in [0.25, 0.3) is 22.3 Å². The molecular formula is C18H14BClO2. The number of hydrogen-bond donors (Lipinski definition) is 2. The molecule has 4 heteroatoms. The predicted octanol–water partition coefficient (Wildman–Crippen LogP) is 3.35. The van der Waals surface area contributed by atoms with Crippen LogP contribution in [-0.2, 0) is 0 Å². The zero-order valence-electron chi connectivity index (χ0n) is 11.8. The second-order valence-corrected chi connectivity index (χ2v) is 5.43. The van der Waals surface area contributed by atoms with Crippen LogP contribution in [0.3, 0.4) is 0 Å². The molecule has 0 amide bonds. The molecule has 0 saturated carbocycles. The molecule has 3 aromatic carbocycles. The monoisotopic (exact) mass is 308 g/mol. The Morgan fingerprint density at radius 3 is 1.77 bits per heavy atom. The molecule has 0 radical (unpaired) electrons. The van der Waals surface area contributed by atoms with Gasteiger partial charge in [-0.15, -0.1) is 0 Å². The molecule has 108 valence electrons. The van der Waals surface area contributed by atoms with Gasteiger partial charge in [-0.25, -0.2) is 0 Å². The van der Waals surface area contributed by atoms with Crippen molar-refractivity contribution in [2.24, 2.45) is 0 Å². The van der Waals surface area contributed by atoms with Crippen molar-refractivity contribution in [3.63, 3.8) is 0 Å². The number of halogens is 1. The lowest BCUT2D eigenvalue weighted by atomic mass is 9.79. The number of rotatable bonds is 3. The minimum absolute atomic E-state index is 0.471. The van der Waals surface area contributed by atoms with Crippen LogP contribution in [0.2, 0.25) is 5.02 Å². The summed E-state index contributed by atoms with van der Waals surface area (Å²) in [5, 5.41) is 19.1. The summed E-state index contributed by atoms with van der Waals surface area (Å²) in [4.78, 5) is 0. The van der Waals surface area contributed by atoms with Gasteiger partial charge < -0.3 is 10.0 Å². The first-order valence-electron chi connectivity index (χ1n) is 6.97. The zero-order valence-corrected chi connectivity index (χ0v) is 12.5. The van der Waals surface area contributed by atoms with Gasteiger partial charge in [0.25, 0.3) is 0 Å². The van der Waals surface area contributed by atoms with Crippen molar-refractivity contribution in [3.8, 4) is 22.3 Å². The fourth-order valence-electron chi connectivity index (χ4n) is 2.48. The molecule has 3 aromatic rings. The van der Waals surface area contributed by atoms with Gasteiger partial charge in [0.05, 0.1) is 0 Å². The third-order valence-corrected chi connectivity index (χ3v) is 3.94. The Labute approximate surface area is 134 Å². The van der Waals surface area contributed by atoms with E-state index in [2.05, 4.69) is 0 Å². The molecule has 0 atom stereocenters. The average Bonchev–Trinajstić information content (AvgIpc) is 2.55. The Kier molecular flexibility index (Phi) is 4.30. The maximum atomic E-state index is 9.19. The molecule has 0 aliphatic rings. The molecular weight excluding hydrogens is 294 g/mol. The Bertz CT molecular complexity index is 785. The summed E-state index contributed by atoms with van der Waals surface area (Å²) >= 11 is 6.32. The maximum absolute atomic E-state index is 9.19. The molecule has 0 bridgehead atoms. The summed E-state index contributed by atoms with van der Waals surface area (Å²) in [6.45, 7) is 0. The topological polar surface area (TPSA) is 40.5 Å². The second-order valence-electron chi connectivity index (χ2n) is 5.02. The quantitative estimate of drug-likeness (QED) is 0.729. The minimum atomic E-state index is -1.45. The number of hydrogen-bond acceptors (Lipinski definition) is 2. The Hall–Kier alpha value is -2.07. The van der Waals surface area contributed by atoms with E-state index >= 15 is 0 Å². The van der Waals surface area contributed by atoms with Gasteiger partial charge in [0.1, 0.15) is 0 Å². The highest BCUT2D eigenvalue weighted by Gasteiger charge is 2.12. The maximum Gasteiger partial charge on any atom is 0.488 e. The van der Waals surface area contributed by atoms with Gasteiger partial charge in [0.15, 0.2) is 0 Å². The highest BCUT2D eigenvalue weighted by Crippen LogP contribution is 2.35. The van der Waals surface area contributed by atoms with E-state index in [4.69, 9.17) is 11.6 Å². The molecule has 0 aliphatic heterocycles. The third kappa shape index (κ3) is 2.92. The van der Waals surface area contributed by atoms with Gasteiger partial charge >= 0.3 is 7.12 Å². The smallest absolute Gasteiger partial charge is 0.423 e. The molecule has 0 aliphatic carbocycles. The van der Waals surface area contributed by atoms with Gasteiger partial charge in [0.2, 0.25) is 0 Å². The molecule has 0 fully saturated rings. The van der Waals surface area contributed by atoms with E-state index in [1.807, 2.05) is 60.7 Å². The van der Waals surface area contributed by atoms with Crippen LogP contribution in [0.5, 0.6) is 0 Å². The average molecular weight is 309 g/mol. The van der Waals surface area contributed by atoms with Gasteiger partial charge in [-0.2, -0.15) is 0 Å². The first kappa shape index (κ1) is 14.9. The van der Waals surface area contributed by atoms with E-state index < -0.39 is 7.12 Å². The van der Waals surface area contributed by atoms with Crippen LogP contribution in [0.4, 0.5) is 0 Å². The Morgan fingerprint density at radius 1 is 0.636 bits per heavy atom. The van der Waals surface area contributed by atoms with Crippen LogP contribution < -0.4 is 5.46 Å². The van der Waals surface area contributed by atoms with E-state index in [0.29, 0.717) is 10.5 Å². The Morgan fingerprint density at radius 2 is 1.18 bits per heavy atom. The lowest BCUT2D eigenvalue weighted by molar-refractivity contribution is 0.426. The van der Waals surface area contributed by atoms with E-state index in [1.165, 1.54) is 0 Å².